The summed E-state index contributed by atoms with van der Waals surface area (Å²) in [6, 6.07) is 7.60. The van der Waals surface area contributed by atoms with Crippen molar-refractivity contribution in [3.8, 4) is 0 Å². The molecule has 2 N–H and O–H groups in total. The number of para-hydroxylation sites is 1. The molecule has 5 heteroatoms. The van der Waals surface area contributed by atoms with Gasteiger partial charge in [0.2, 0.25) is 0 Å². The molecule has 24 heavy (non-hydrogen) atoms. The van der Waals surface area contributed by atoms with Crippen molar-refractivity contribution in [1.82, 2.24) is 15.1 Å². The Morgan fingerprint density at radius 2 is 1.83 bits per heavy atom. The van der Waals surface area contributed by atoms with Gasteiger partial charge < -0.3 is 10.6 Å². The van der Waals surface area contributed by atoms with Gasteiger partial charge in [-0.1, -0.05) is 39.0 Å². The van der Waals surface area contributed by atoms with Crippen LogP contribution in [-0.4, -0.2) is 15.8 Å². The van der Waals surface area contributed by atoms with Crippen molar-refractivity contribution in [1.29, 1.82) is 0 Å². The van der Waals surface area contributed by atoms with Gasteiger partial charge in [-0.15, -0.1) is 0 Å². The Balaban J connectivity index is 2.15. The van der Waals surface area contributed by atoms with Crippen LogP contribution in [0.2, 0.25) is 0 Å². The smallest absolute Gasteiger partial charge is 0.319 e. The first kappa shape index (κ1) is 18.0. The molecule has 0 aliphatic rings. The van der Waals surface area contributed by atoms with E-state index in [9.17, 15) is 4.79 Å². The van der Waals surface area contributed by atoms with Crippen molar-refractivity contribution in [3.63, 3.8) is 0 Å². The molecule has 1 unspecified atom stereocenters. The maximum Gasteiger partial charge on any atom is 0.319 e. The number of anilines is 1. The van der Waals surface area contributed by atoms with Crippen LogP contribution >= 0.6 is 0 Å². The molecule has 130 valence electrons. The number of carbonyl (C=O) groups excluding carboxylic acids is 1. The monoisotopic (exact) mass is 328 g/mol. The van der Waals surface area contributed by atoms with E-state index in [1.165, 1.54) is 0 Å². The van der Waals surface area contributed by atoms with Crippen LogP contribution in [0.5, 0.6) is 0 Å². The van der Waals surface area contributed by atoms with Crippen molar-refractivity contribution in [3.05, 3.63) is 46.8 Å². The van der Waals surface area contributed by atoms with E-state index in [2.05, 4.69) is 42.6 Å². The van der Waals surface area contributed by atoms with Crippen molar-refractivity contribution in [2.24, 2.45) is 7.05 Å². The van der Waals surface area contributed by atoms with Gasteiger partial charge in [-0.25, -0.2) is 4.79 Å². The van der Waals surface area contributed by atoms with E-state index < -0.39 is 0 Å². The largest absolute Gasteiger partial charge is 0.331 e. The first-order valence-electron chi connectivity index (χ1n) is 8.28. The first-order chi connectivity index (χ1) is 11.1. The van der Waals surface area contributed by atoms with Crippen LogP contribution in [-0.2, 0) is 12.5 Å². The molecule has 0 aliphatic carbocycles. The predicted molar refractivity (Wildman–Crippen MR) is 98.4 cm³/mol. The Labute approximate surface area is 144 Å². The fourth-order valence-corrected chi connectivity index (χ4v) is 3.09. The summed E-state index contributed by atoms with van der Waals surface area (Å²) < 4.78 is 1.84. The SMILES string of the molecule is Cc1nn(C)c(C)c1C(C)NC(=O)Nc1ccccc1C(C)(C)C. The lowest BCUT2D eigenvalue weighted by Crippen LogP contribution is -2.32. The summed E-state index contributed by atoms with van der Waals surface area (Å²) in [7, 11) is 1.91. The molecule has 0 saturated carbocycles. The fourth-order valence-electron chi connectivity index (χ4n) is 3.09. The number of benzene rings is 1. The van der Waals surface area contributed by atoms with Crippen molar-refractivity contribution in [2.45, 2.75) is 53.0 Å². The highest BCUT2D eigenvalue weighted by Crippen LogP contribution is 2.29. The van der Waals surface area contributed by atoms with E-state index in [1.54, 1.807) is 0 Å². The molecule has 1 aromatic heterocycles. The van der Waals surface area contributed by atoms with E-state index in [0.29, 0.717) is 0 Å². The molecule has 2 aromatic rings. The standard InChI is InChI=1S/C19H28N4O/c1-12(17-13(2)22-23(7)14(17)3)20-18(24)21-16-11-9-8-10-15(16)19(4,5)6/h8-12H,1-7H3,(H2,20,21,24). The quantitative estimate of drug-likeness (QED) is 0.886. The number of nitrogens with one attached hydrogen (secondary N) is 2. The summed E-state index contributed by atoms with van der Waals surface area (Å²) in [5.74, 6) is 0. The Morgan fingerprint density at radius 1 is 1.21 bits per heavy atom. The van der Waals surface area contributed by atoms with Gasteiger partial charge >= 0.3 is 6.03 Å². The van der Waals surface area contributed by atoms with E-state index in [4.69, 9.17) is 0 Å². The van der Waals surface area contributed by atoms with Crippen LogP contribution in [0.15, 0.2) is 24.3 Å². The predicted octanol–water partition coefficient (Wildman–Crippen LogP) is 4.22. The first-order valence-corrected chi connectivity index (χ1v) is 8.28. The topological polar surface area (TPSA) is 59.0 Å². The Bertz CT molecular complexity index is 740. The summed E-state index contributed by atoms with van der Waals surface area (Å²) in [5, 5.41) is 10.4. The zero-order valence-electron chi connectivity index (χ0n) is 15.7. The molecule has 0 spiro atoms. The lowest BCUT2D eigenvalue weighted by Gasteiger charge is -2.23. The van der Waals surface area contributed by atoms with Gasteiger partial charge in [-0.3, -0.25) is 4.68 Å². The van der Waals surface area contributed by atoms with Crippen LogP contribution in [0.3, 0.4) is 0 Å². The molecule has 5 nitrogen and oxygen atoms in total. The molecule has 0 bridgehead atoms. The number of aromatic nitrogens is 2. The molecule has 0 radical (unpaired) electrons. The highest BCUT2D eigenvalue weighted by molar-refractivity contribution is 5.90. The third-order valence-corrected chi connectivity index (χ3v) is 4.33. The van der Waals surface area contributed by atoms with Crippen molar-refractivity contribution >= 4 is 11.7 Å². The number of nitrogens with zero attached hydrogens (tertiary/aromatic N) is 2. The Hall–Kier alpha value is -2.30. The maximum absolute atomic E-state index is 12.5. The van der Waals surface area contributed by atoms with Crippen LogP contribution in [0, 0.1) is 13.8 Å². The molecule has 2 amide bonds. The van der Waals surface area contributed by atoms with Crippen LogP contribution in [0.1, 0.15) is 56.3 Å². The lowest BCUT2D eigenvalue weighted by molar-refractivity contribution is 0.249. The van der Waals surface area contributed by atoms with Crippen LogP contribution in [0.4, 0.5) is 10.5 Å². The number of aryl methyl sites for hydroxylation is 2. The minimum atomic E-state index is -0.207. The van der Waals surface area contributed by atoms with Gasteiger partial charge in [-0.2, -0.15) is 5.10 Å². The number of rotatable bonds is 3. The zero-order valence-corrected chi connectivity index (χ0v) is 15.7. The van der Waals surface area contributed by atoms with E-state index in [0.717, 1.165) is 28.2 Å². The molecule has 0 aliphatic heterocycles. The summed E-state index contributed by atoms with van der Waals surface area (Å²) in [6.45, 7) is 12.4. The molecular formula is C19H28N4O. The molecule has 2 rings (SSSR count). The fraction of sp³-hybridized carbons (Fsp3) is 0.474. The number of amides is 2. The number of hydrogen-bond acceptors (Lipinski definition) is 2. The molecule has 1 heterocycles. The van der Waals surface area contributed by atoms with Crippen molar-refractivity contribution in [2.75, 3.05) is 5.32 Å². The number of hydrogen-bond donors (Lipinski definition) is 2. The average Bonchev–Trinajstić information content (AvgIpc) is 2.71. The van der Waals surface area contributed by atoms with Gasteiger partial charge in [0.1, 0.15) is 0 Å². The second-order valence-electron chi connectivity index (χ2n) is 7.32. The van der Waals surface area contributed by atoms with E-state index >= 15 is 0 Å². The lowest BCUT2D eigenvalue weighted by atomic mass is 9.86. The Kier molecular flexibility index (Phi) is 5.02. The van der Waals surface area contributed by atoms with Gasteiger partial charge in [-0.05, 0) is 37.8 Å². The maximum atomic E-state index is 12.5. The van der Waals surface area contributed by atoms with Crippen molar-refractivity contribution < 1.29 is 4.79 Å². The van der Waals surface area contributed by atoms with Gasteiger partial charge in [0.25, 0.3) is 0 Å². The minimum absolute atomic E-state index is 0.0357. The van der Waals surface area contributed by atoms with Gasteiger partial charge in [0, 0.05) is 24.0 Å². The molecule has 0 fully saturated rings. The van der Waals surface area contributed by atoms with Gasteiger partial charge in [0.15, 0.2) is 0 Å². The third-order valence-electron chi connectivity index (χ3n) is 4.33. The van der Waals surface area contributed by atoms with Crippen LogP contribution in [0.25, 0.3) is 0 Å². The third kappa shape index (κ3) is 3.78. The average molecular weight is 328 g/mol. The zero-order chi connectivity index (χ0) is 18.1. The summed E-state index contributed by atoms with van der Waals surface area (Å²) >= 11 is 0. The minimum Gasteiger partial charge on any atom is -0.331 e. The number of carbonyl (C=O) groups is 1. The molecule has 1 atom stereocenters. The molecule has 1 aromatic carbocycles. The second kappa shape index (κ2) is 6.67. The number of urea groups is 1. The Morgan fingerprint density at radius 3 is 2.38 bits per heavy atom. The molecule has 0 saturated heterocycles. The van der Waals surface area contributed by atoms with E-state index in [-0.39, 0.29) is 17.5 Å². The second-order valence-corrected chi connectivity index (χ2v) is 7.32. The molecular weight excluding hydrogens is 300 g/mol. The normalized spacial score (nSPS) is 12.8. The van der Waals surface area contributed by atoms with Crippen LogP contribution < -0.4 is 10.6 Å². The van der Waals surface area contributed by atoms with Gasteiger partial charge in [0.05, 0.1) is 11.7 Å². The summed E-state index contributed by atoms with van der Waals surface area (Å²) in [5.41, 5.74) is 4.99. The van der Waals surface area contributed by atoms with E-state index in [1.807, 2.05) is 50.7 Å². The highest BCUT2D eigenvalue weighted by atomic mass is 16.2. The summed E-state index contributed by atoms with van der Waals surface area (Å²) in [6.07, 6.45) is 0. The highest BCUT2D eigenvalue weighted by Gasteiger charge is 2.21. The summed E-state index contributed by atoms with van der Waals surface area (Å²) in [4.78, 5) is 12.5.